The van der Waals surface area contributed by atoms with Gasteiger partial charge in [0.25, 0.3) is 0 Å². The van der Waals surface area contributed by atoms with E-state index >= 15 is 0 Å². The molecule has 0 aliphatic heterocycles. The minimum atomic E-state index is -3.56. The highest BCUT2D eigenvalue weighted by Crippen LogP contribution is 2.29. The minimum Gasteiger partial charge on any atom is -0.221 e. The molecule has 0 aliphatic rings. The number of halogens is 2. The molecule has 1 aromatic carbocycles. The molecule has 0 bridgehead atoms. The van der Waals surface area contributed by atoms with Gasteiger partial charge in [-0.25, -0.2) is 8.42 Å². The van der Waals surface area contributed by atoms with E-state index in [1.165, 1.54) is 0 Å². The SMILES string of the molecule is Cc1nnc(S(=O)(=O)Cc2c(Cl)cccc2Cl)s1. The van der Waals surface area contributed by atoms with Crippen LogP contribution in [0.4, 0.5) is 0 Å². The van der Waals surface area contributed by atoms with Crippen LogP contribution < -0.4 is 0 Å². The van der Waals surface area contributed by atoms with Crippen molar-refractivity contribution in [3.8, 4) is 0 Å². The summed E-state index contributed by atoms with van der Waals surface area (Å²) >= 11 is 12.9. The van der Waals surface area contributed by atoms with Crippen LogP contribution in [-0.4, -0.2) is 18.6 Å². The van der Waals surface area contributed by atoms with Crippen molar-refractivity contribution in [3.63, 3.8) is 0 Å². The van der Waals surface area contributed by atoms with E-state index in [1.54, 1.807) is 25.1 Å². The Bertz CT molecular complexity index is 663. The fraction of sp³-hybridized carbons (Fsp3) is 0.200. The molecule has 0 spiro atoms. The van der Waals surface area contributed by atoms with Crippen LogP contribution in [0.15, 0.2) is 22.5 Å². The molecule has 2 aromatic rings. The molecule has 0 unspecified atom stereocenters. The van der Waals surface area contributed by atoms with Gasteiger partial charge in [0, 0.05) is 15.6 Å². The maximum absolute atomic E-state index is 12.1. The summed E-state index contributed by atoms with van der Waals surface area (Å²) in [4.78, 5) is 0. The molecule has 0 N–H and O–H groups in total. The summed E-state index contributed by atoms with van der Waals surface area (Å²) in [7, 11) is -3.56. The quantitative estimate of drug-likeness (QED) is 0.871. The molecule has 96 valence electrons. The lowest BCUT2D eigenvalue weighted by atomic mass is 10.2. The molecule has 0 atom stereocenters. The number of rotatable bonds is 3. The first kappa shape index (κ1) is 13.7. The van der Waals surface area contributed by atoms with Crippen LogP contribution in [0.1, 0.15) is 10.6 Å². The van der Waals surface area contributed by atoms with Gasteiger partial charge in [0.05, 0.1) is 5.75 Å². The van der Waals surface area contributed by atoms with Crippen LogP contribution in [0.5, 0.6) is 0 Å². The van der Waals surface area contributed by atoms with Crippen LogP contribution in [0.3, 0.4) is 0 Å². The van der Waals surface area contributed by atoms with Gasteiger partial charge in [-0.2, -0.15) is 0 Å². The number of aryl methyl sites for hydroxylation is 1. The van der Waals surface area contributed by atoms with E-state index in [9.17, 15) is 8.42 Å². The van der Waals surface area contributed by atoms with Crippen molar-refractivity contribution in [1.82, 2.24) is 10.2 Å². The summed E-state index contributed by atoms with van der Waals surface area (Å²) in [5, 5.41) is 8.58. The van der Waals surface area contributed by atoms with Gasteiger partial charge in [-0.1, -0.05) is 40.6 Å². The zero-order valence-corrected chi connectivity index (χ0v) is 12.4. The molecule has 0 fully saturated rings. The zero-order chi connectivity index (χ0) is 13.3. The Kier molecular flexibility index (Phi) is 3.91. The summed E-state index contributed by atoms with van der Waals surface area (Å²) in [6.45, 7) is 1.69. The van der Waals surface area contributed by atoms with E-state index in [0.717, 1.165) is 11.3 Å². The number of hydrogen-bond acceptors (Lipinski definition) is 5. The van der Waals surface area contributed by atoms with Gasteiger partial charge in [-0.05, 0) is 19.1 Å². The highest BCUT2D eigenvalue weighted by molar-refractivity contribution is 7.92. The summed E-state index contributed by atoms with van der Waals surface area (Å²) < 4.78 is 24.2. The first-order valence-corrected chi connectivity index (χ1v) is 8.08. The molecule has 0 radical (unpaired) electrons. The third-order valence-electron chi connectivity index (χ3n) is 2.17. The van der Waals surface area contributed by atoms with Crippen molar-refractivity contribution in [1.29, 1.82) is 0 Å². The molecular formula is C10H8Cl2N2O2S2. The zero-order valence-electron chi connectivity index (χ0n) is 9.22. The lowest BCUT2D eigenvalue weighted by molar-refractivity contribution is 0.593. The van der Waals surface area contributed by atoms with Crippen LogP contribution in [-0.2, 0) is 15.6 Å². The maximum Gasteiger partial charge on any atom is 0.232 e. The van der Waals surface area contributed by atoms with Crippen molar-refractivity contribution < 1.29 is 8.42 Å². The molecule has 2 rings (SSSR count). The Morgan fingerprint density at radius 3 is 2.33 bits per heavy atom. The van der Waals surface area contributed by atoms with E-state index in [4.69, 9.17) is 23.2 Å². The topological polar surface area (TPSA) is 59.9 Å². The van der Waals surface area contributed by atoms with Crippen molar-refractivity contribution in [2.24, 2.45) is 0 Å². The summed E-state index contributed by atoms with van der Waals surface area (Å²) in [5.41, 5.74) is 0.383. The second-order valence-corrected chi connectivity index (χ2v) is 7.71. The summed E-state index contributed by atoms with van der Waals surface area (Å²) in [5.74, 6) is -0.278. The molecule has 8 heteroatoms. The van der Waals surface area contributed by atoms with E-state index in [2.05, 4.69) is 10.2 Å². The molecule has 0 aliphatic carbocycles. The number of sulfone groups is 1. The average Bonchev–Trinajstić information content (AvgIpc) is 2.71. The Hall–Kier alpha value is -0.690. The number of benzene rings is 1. The third kappa shape index (κ3) is 2.83. The maximum atomic E-state index is 12.1. The van der Waals surface area contributed by atoms with Gasteiger partial charge < -0.3 is 0 Å². The molecule has 0 amide bonds. The van der Waals surface area contributed by atoms with Gasteiger partial charge in [0.2, 0.25) is 14.2 Å². The Morgan fingerprint density at radius 2 is 1.83 bits per heavy atom. The van der Waals surface area contributed by atoms with Gasteiger partial charge >= 0.3 is 0 Å². The summed E-state index contributed by atoms with van der Waals surface area (Å²) in [6.07, 6.45) is 0. The predicted molar refractivity (Wildman–Crippen MR) is 72.0 cm³/mol. The summed E-state index contributed by atoms with van der Waals surface area (Å²) in [6, 6.07) is 4.86. The number of nitrogens with zero attached hydrogens (tertiary/aromatic N) is 2. The smallest absolute Gasteiger partial charge is 0.221 e. The first-order valence-electron chi connectivity index (χ1n) is 4.86. The van der Waals surface area contributed by atoms with E-state index < -0.39 is 9.84 Å². The fourth-order valence-electron chi connectivity index (χ4n) is 1.33. The molecule has 1 aromatic heterocycles. The molecule has 18 heavy (non-hydrogen) atoms. The molecule has 1 heterocycles. The second-order valence-electron chi connectivity index (χ2n) is 3.55. The minimum absolute atomic E-state index is 0.0176. The van der Waals surface area contributed by atoms with Gasteiger partial charge in [0.1, 0.15) is 5.01 Å². The monoisotopic (exact) mass is 322 g/mol. The molecule has 0 saturated carbocycles. The van der Waals surface area contributed by atoms with E-state index in [-0.39, 0.29) is 10.1 Å². The second kappa shape index (κ2) is 5.13. The van der Waals surface area contributed by atoms with Crippen molar-refractivity contribution in [2.45, 2.75) is 17.0 Å². The Balaban J connectivity index is 2.40. The lowest BCUT2D eigenvalue weighted by Gasteiger charge is -2.05. The van der Waals surface area contributed by atoms with E-state index in [1.807, 2.05) is 0 Å². The van der Waals surface area contributed by atoms with Gasteiger partial charge in [0.15, 0.2) is 0 Å². The predicted octanol–water partition coefficient (Wildman–Crippen LogP) is 3.13. The van der Waals surface area contributed by atoms with Gasteiger partial charge in [-0.15, -0.1) is 10.2 Å². The van der Waals surface area contributed by atoms with Crippen LogP contribution >= 0.6 is 34.5 Å². The van der Waals surface area contributed by atoms with Crippen LogP contribution in [0, 0.1) is 6.92 Å². The Labute approximate surface area is 118 Å². The van der Waals surface area contributed by atoms with Crippen molar-refractivity contribution in [3.05, 3.63) is 38.8 Å². The van der Waals surface area contributed by atoms with Crippen molar-refractivity contribution >= 4 is 44.4 Å². The average molecular weight is 323 g/mol. The highest BCUT2D eigenvalue weighted by Gasteiger charge is 2.22. The van der Waals surface area contributed by atoms with Crippen LogP contribution in [0.2, 0.25) is 10.0 Å². The van der Waals surface area contributed by atoms with Crippen LogP contribution in [0.25, 0.3) is 0 Å². The first-order chi connectivity index (χ1) is 8.40. The Morgan fingerprint density at radius 1 is 1.22 bits per heavy atom. The third-order valence-corrected chi connectivity index (χ3v) is 5.81. The number of hydrogen-bond donors (Lipinski definition) is 0. The van der Waals surface area contributed by atoms with Gasteiger partial charge in [-0.3, -0.25) is 0 Å². The normalized spacial score (nSPS) is 11.7. The molecular weight excluding hydrogens is 315 g/mol. The molecule has 4 nitrogen and oxygen atoms in total. The largest absolute Gasteiger partial charge is 0.232 e. The fourth-order valence-corrected chi connectivity index (χ4v) is 4.46. The van der Waals surface area contributed by atoms with E-state index in [0.29, 0.717) is 20.6 Å². The van der Waals surface area contributed by atoms with Crippen molar-refractivity contribution in [2.75, 3.05) is 0 Å². The highest BCUT2D eigenvalue weighted by atomic mass is 35.5. The standard InChI is InChI=1S/C10H8Cl2N2O2S2/c1-6-13-14-10(17-6)18(15,16)5-7-8(11)3-2-4-9(7)12/h2-4H,5H2,1H3. The number of aromatic nitrogens is 2. The molecule has 0 saturated heterocycles. The lowest BCUT2D eigenvalue weighted by Crippen LogP contribution is -2.05.